The Labute approximate surface area is 119 Å². The van der Waals surface area contributed by atoms with Crippen LogP contribution in [0.2, 0.25) is 0 Å². The van der Waals surface area contributed by atoms with Crippen molar-refractivity contribution < 1.29 is 5.11 Å². The molecule has 0 aliphatic heterocycles. The number of hydrogen-bond acceptors (Lipinski definition) is 2. The number of benzene rings is 1. The topological polar surface area (TPSA) is 42.2 Å². The van der Waals surface area contributed by atoms with Crippen LogP contribution in [-0.4, -0.2) is 9.67 Å². The van der Waals surface area contributed by atoms with Gasteiger partial charge in [0.05, 0.1) is 11.3 Å². The summed E-state index contributed by atoms with van der Waals surface area (Å²) >= 11 is 0. The third-order valence-corrected chi connectivity index (χ3v) is 3.62. The highest BCUT2D eigenvalue weighted by atomic mass is 16.3. The summed E-state index contributed by atoms with van der Waals surface area (Å²) in [6.07, 6.45) is 0. The van der Waals surface area contributed by atoms with E-state index in [0.717, 1.165) is 16.8 Å². The van der Waals surface area contributed by atoms with Gasteiger partial charge in [-0.05, 0) is 45.4 Å². The van der Waals surface area contributed by atoms with Crippen LogP contribution in [0, 0.1) is 13.8 Å². The highest BCUT2D eigenvalue weighted by Crippen LogP contribution is 2.24. The highest BCUT2D eigenvalue weighted by molar-refractivity contribution is 5.64. The minimum atomic E-state index is -1.13. The molecule has 0 fully saturated rings. The minimum Gasteiger partial charge on any atom is -0.386 e. The van der Waals surface area contributed by atoms with Crippen LogP contribution in [0.3, 0.4) is 0 Å². The lowest BCUT2D eigenvalue weighted by Gasteiger charge is -2.19. The first kappa shape index (κ1) is 14.5. The molecule has 2 rings (SSSR count). The molecule has 0 aliphatic carbocycles. The molecule has 0 saturated carbocycles. The number of aromatic nitrogens is 1. The molecule has 0 spiro atoms. The van der Waals surface area contributed by atoms with Crippen molar-refractivity contribution in [1.82, 2.24) is 4.57 Å². The predicted molar refractivity (Wildman–Crippen MR) is 81.8 cm³/mol. The molecule has 1 heterocycles. The molecule has 3 nitrogen and oxygen atoms in total. The summed E-state index contributed by atoms with van der Waals surface area (Å²) in [5.41, 5.74) is 3.36. The van der Waals surface area contributed by atoms with E-state index in [1.807, 2.05) is 32.0 Å². The molecule has 1 aromatic heterocycles. The van der Waals surface area contributed by atoms with E-state index < -0.39 is 5.60 Å². The van der Waals surface area contributed by atoms with Crippen molar-refractivity contribution >= 4 is 0 Å². The SMILES string of the molecule is Cc1ccc(-c2ccc(C(C)(C)O)c(=O)n2C)c(C)c1. The van der Waals surface area contributed by atoms with Crippen molar-refractivity contribution in [2.75, 3.05) is 0 Å². The largest absolute Gasteiger partial charge is 0.386 e. The van der Waals surface area contributed by atoms with Gasteiger partial charge in [-0.1, -0.05) is 23.8 Å². The van der Waals surface area contributed by atoms with Crippen LogP contribution in [0.15, 0.2) is 35.1 Å². The molecular formula is C17H21NO2. The molecule has 0 radical (unpaired) electrons. The normalized spacial score (nSPS) is 11.7. The molecule has 0 atom stereocenters. The van der Waals surface area contributed by atoms with Crippen molar-refractivity contribution in [2.24, 2.45) is 7.05 Å². The molecule has 0 bridgehead atoms. The van der Waals surface area contributed by atoms with Crippen LogP contribution in [-0.2, 0) is 12.6 Å². The molecule has 106 valence electrons. The van der Waals surface area contributed by atoms with Gasteiger partial charge >= 0.3 is 0 Å². The fraction of sp³-hybridized carbons (Fsp3) is 0.353. The van der Waals surface area contributed by atoms with E-state index >= 15 is 0 Å². The van der Waals surface area contributed by atoms with E-state index in [9.17, 15) is 9.90 Å². The Balaban J connectivity index is 2.66. The molecule has 0 amide bonds. The summed E-state index contributed by atoms with van der Waals surface area (Å²) in [7, 11) is 1.74. The van der Waals surface area contributed by atoms with E-state index in [1.165, 1.54) is 5.56 Å². The molecule has 20 heavy (non-hydrogen) atoms. The van der Waals surface area contributed by atoms with Gasteiger partial charge in [0.2, 0.25) is 0 Å². The highest BCUT2D eigenvalue weighted by Gasteiger charge is 2.21. The van der Waals surface area contributed by atoms with E-state index in [1.54, 1.807) is 31.5 Å². The van der Waals surface area contributed by atoms with Crippen LogP contribution >= 0.6 is 0 Å². The Kier molecular flexibility index (Phi) is 3.57. The van der Waals surface area contributed by atoms with Crippen LogP contribution < -0.4 is 5.56 Å². The lowest BCUT2D eigenvalue weighted by Crippen LogP contribution is -2.31. The Hall–Kier alpha value is -1.87. The van der Waals surface area contributed by atoms with Gasteiger partial charge < -0.3 is 9.67 Å². The van der Waals surface area contributed by atoms with E-state index in [-0.39, 0.29) is 5.56 Å². The molecule has 1 aromatic carbocycles. The zero-order valence-electron chi connectivity index (χ0n) is 12.7. The summed E-state index contributed by atoms with van der Waals surface area (Å²) in [5.74, 6) is 0. The maximum Gasteiger partial charge on any atom is 0.256 e. The molecule has 0 unspecified atom stereocenters. The average Bonchev–Trinajstić information content (AvgIpc) is 2.32. The van der Waals surface area contributed by atoms with Crippen LogP contribution in [0.5, 0.6) is 0 Å². The zero-order chi connectivity index (χ0) is 15.1. The number of nitrogens with zero attached hydrogens (tertiary/aromatic N) is 1. The summed E-state index contributed by atoms with van der Waals surface area (Å²) in [5, 5.41) is 10.0. The second-order valence-corrected chi connectivity index (χ2v) is 5.87. The van der Waals surface area contributed by atoms with Gasteiger partial charge in [0, 0.05) is 18.2 Å². The number of hydrogen-bond donors (Lipinski definition) is 1. The van der Waals surface area contributed by atoms with Gasteiger partial charge in [-0.25, -0.2) is 0 Å². The van der Waals surface area contributed by atoms with Gasteiger partial charge in [0.15, 0.2) is 0 Å². The maximum absolute atomic E-state index is 12.4. The Bertz CT molecular complexity index is 706. The second-order valence-electron chi connectivity index (χ2n) is 5.87. The quantitative estimate of drug-likeness (QED) is 0.912. The Morgan fingerprint density at radius 3 is 2.30 bits per heavy atom. The summed E-state index contributed by atoms with van der Waals surface area (Å²) in [6, 6.07) is 9.78. The van der Waals surface area contributed by atoms with Crippen molar-refractivity contribution in [3.8, 4) is 11.3 Å². The van der Waals surface area contributed by atoms with E-state index in [0.29, 0.717) is 5.56 Å². The molecule has 3 heteroatoms. The number of aliphatic hydroxyl groups is 1. The van der Waals surface area contributed by atoms with Crippen molar-refractivity contribution in [2.45, 2.75) is 33.3 Å². The first-order valence-electron chi connectivity index (χ1n) is 6.72. The fourth-order valence-electron chi connectivity index (χ4n) is 2.47. The number of aryl methyl sites for hydroxylation is 2. The number of pyridine rings is 1. The molecular weight excluding hydrogens is 250 g/mol. The Morgan fingerprint density at radius 2 is 1.75 bits per heavy atom. The van der Waals surface area contributed by atoms with E-state index in [4.69, 9.17) is 0 Å². The lowest BCUT2D eigenvalue weighted by molar-refractivity contribution is 0.0766. The van der Waals surface area contributed by atoms with Crippen LogP contribution in [0.1, 0.15) is 30.5 Å². The third kappa shape index (κ3) is 2.54. The number of rotatable bonds is 2. The summed E-state index contributed by atoms with van der Waals surface area (Å²) < 4.78 is 1.60. The van der Waals surface area contributed by atoms with Crippen LogP contribution in [0.25, 0.3) is 11.3 Å². The van der Waals surface area contributed by atoms with Crippen molar-refractivity contribution in [3.05, 3.63) is 57.4 Å². The molecule has 2 aromatic rings. The van der Waals surface area contributed by atoms with E-state index in [2.05, 4.69) is 6.07 Å². The van der Waals surface area contributed by atoms with Crippen molar-refractivity contribution in [3.63, 3.8) is 0 Å². The summed E-state index contributed by atoms with van der Waals surface area (Å²) in [6.45, 7) is 7.34. The lowest BCUT2D eigenvalue weighted by atomic mass is 9.97. The first-order chi connectivity index (χ1) is 9.21. The molecule has 0 saturated heterocycles. The van der Waals surface area contributed by atoms with Gasteiger partial charge in [-0.3, -0.25) is 4.79 Å². The maximum atomic E-state index is 12.4. The smallest absolute Gasteiger partial charge is 0.256 e. The van der Waals surface area contributed by atoms with Crippen LogP contribution in [0.4, 0.5) is 0 Å². The average molecular weight is 271 g/mol. The second kappa shape index (κ2) is 4.91. The summed E-state index contributed by atoms with van der Waals surface area (Å²) in [4.78, 5) is 12.4. The fourth-order valence-corrected chi connectivity index (χ4v) is 2.47. The predicted octanol–water partition coefficient (Wildman–Crippen LogP) is 2.90. The third-order valence-electron chi connectivity index (χ3n) is 3.62. The zero-order valence-corrected chi connectivity index (χ0v) is 12.7. The monoisotopic (exact) mass is 271 g/mol. The van der Waals surface area contributed by atoms with Crippen molar-refractivity contribution in [1.29, 1.82) is 0 Å². The van der Waals surface area contributed by atoms with Gasteiger partial charge in [-0.15, -0.1) is 0 Å². The first-order valence-corrected chi connectivity index (χ1v) is 6.72. The van der Waals surface area contributed by atoms with Gasteiger partial charge in [-0.2, -0.15) is 0 Å². The van der Waals surface area contributed by atoms with Gasteiger partial charge in [0.1, 0.15) is 0 Å². The van der Waals surface area contributed by atoms with Gasteiger partial charge in [0.25, 0.3) is 5.56 Å². The standard InChI is InChI=1S/C17H21NO2/c1-11-6-7-13(12(2)10-11)15-9-8-14(17(3,4)20)16(19)18(15)5/h6-10,20H,1-5H3. The Morgan fingerprint density at radius 1 is 1.10 bits per heavy atom. The minimum absolute atomic E-state index is 0.157. The molecule has 0 aliphatic rings. The molecule has 1 N–H and O–H groups in total.